The smallest absolute Gasteiger partial charge is 0.378 e. The number of hydrogen-bond acceptors (Lipinski definition) is 5. The van der Waals surface area contributed by atoms with Crippen LogP contribution in [0.4, 0.5) is 13.2 Å². The average molecular weight is 563 g/mol. The summed E-state index contributed by atoms with van der Waals surface area (Å²) in [7, 11) is 0. The van der Waals surface area contributed by atoms with Gasteiger partial charge in [-0.2, -0.15) is 13.2 Å². The second-order valence-corrected chi connectivity index (χ2v) is 9.97. The number of benzene rings is 1. The number of carbonyl (C=O) groups is 1. The third-order valence-electron chi connectivity index (χ3n) is 6.78. The molecule has 0 unspecified atom stereocenters. The number of nitrogens with zero attached hydrogens (tertiary/aromatic N) is 3. The molecule has 1 aliphatic carbocycles. The van der Waals surface area contributed by atoms with Crippen LogP contribution in [0.15, 0.2) is 51.9 Å². The van der Waals surface area contributed by atoms with Crippen molar-refractivity contribution in [2.75, 3.05) is 6.54 Å². The van der Waals surface area contributed by atoms with Crippen LogP contribution in [0.1, 0.15) is 59.3 Å². The van der Waals surface area contributed by atoms with E-state index in [0.29, 0.717) is 34.5 Å². The molecule has 1 aromatic carbocycles. The van der Waals surface area contributed by atoms with E-state index in [-0.39, 0.29) is 24.2 Å². The van der Waals surface area contributed by atoms with Crippen molar-refractivity contribution >= 4 is 21.8 Å². The zero-order chi connectivity index (χ0) is 25.7. The number of aliphatic hydroxyl groups excluding tert-OH is 1. The van der Waals surface area contributed by atoms with Crippen LogP contribution in [0.3, 0.4) is 0 Å². The van der Waals surface area contributed by atoms with Crippen molar-refractivity contribution in [1.82, 2.24) is 19.9 Å². The molecule has 3 heterocycles. The van der Waals surface area contributed by atoms with Crippen LogP contribution >= 0.6 is 15.9 Å². The molecule has 0 bridgehead atoms. The van der Waals surface area contributed by atoms with Crippen molar-refractivity contribution < 1.29 is 23.1 Å². The highest BCUT2D eigenvalue weighted by Crippen LogP contribution is 2.51. The summed E-state index contributed by atoms with van der Waals surface area (Å²) < 4.78 is 39.9. The molecule has 1 atom stereocenters. The largest absolute Gasteiger partial charge is 0.416 e. The molecule has 36 heavy (non-hydrogen) atoms. The maximum Gasteiger partial charge on any atom is 0.416 e. The lowest BCUT2D eigenvalue weighted by Gasteiger charge is -2.24. The zero-order valence-electron chi connectivity index (χ0n) is 19.0. The molecule has 3 aromatic rings. The van der Waals surface area contributed by atoms with E-state index < -0.39 is 29.2 Å². The van der Waals surface area contributed by atoms with Gasteiger partial charge in [-0.25, -0.2) is 9.97 Å². The second kappa shape index (κ2) is 9.11. The lowest BCUT2D eigenvalue weighted by molar-refractivity contribution is -0.142. The Kier molecular flexibility index (Phi) is 6.24. The number of fused-ring (bicyclic) bond motifs is 1. The third-order valence-corrected chi connectivity index (χ3v) is 7.22. The minimum absolute atomic E-state index is 0.0884. The Labute approximate surface area is 212 Å². The lowest BCUT2D eigenvalue weighted by Crippen LogP contribution is -2.36. The van der Waals surface area contributed by atoms with E-state index in [9.17, 15) is 27.9 Å². The van der Waals surface area contributed by atoms with Crippen LogP contribution in [0.2, 0.25) is 0 Å². The molecule has 2 N–H and O–H groups in total. The Morgan fingerprint density at radius 1 is 1.17 bits per heavy atom. The molecular weight excluding hydrogens is 541 g/mol. The number of alkyl halides is 3. The lowest BCUT2D eigenvalue weighted by atomic mass is 10.00. The third kappa shape index (κ3) is 4.57. The van der Waals surface area contributed by atoms with Gasteiger partial charge in [0.2, 0.25) is 0 Å². The number of aliphatic hydroxyl groups is 1. The van der Waals surface area contributed by atoms with Crippen LogP contribution in [-0.4, -0.2) is 37.4 Å². The van der Waals surface area contributed by atoms with Crippen LogP contribution in [0.5, 0.6) is 0 Å². The van der Waals surface area contributed by atoms with Crippen molar-refractivity contribution in [3.63, 3.8) is 0 Å². The van der Waals surface area contributed by atoms with E-state index in [4.69, 9.17) is 4.98 Å². The first kappa shape index (κ1) is 24.6. The SMILES string of the molecule is O=C([C@H](O)c1cccc(C(F)(F)F)c1)N1CCCc2nc(C3(c4cccc(Br)n4)CC3)[nH]c(=O)c2C1. The Balaban J connectivity index is 1.41. The van der Waals surface area contributed by atoms with Gasteiger partial charge in [0, 0.05) is 6.54 Å². The first-order valence-electron chi connectivity index (χ1n) is 11.5. The molecule has 7 nitrogen and oxygen atoms in total. The average Bonchev–Trinajstić information content (AvgIpc) is 3.67. The highest BCUT2D eigenvalue weighted by atomic mass is 79.9. The molecule has 5 rings (SSSR count). The summed E-state index contributed by atoms with van der Waals surface area (Å²) in [5, 5.41) is 10.6. The topological polar surface area (TPSA) is 99.2 Å². The van der Waals surface area contributed by atoms with Gasteiger partial charge in [0.25, 0.3) is 11.5 Å². The molecule has 0 saturated heterocycles. The first-order valence-corrected chi connectivity index (χ1v) is 12.3. The summed E-state index contributed by atoms with van der Waals surface area (Å²) in [6.45, 7) is 0.146. The molecule has 2 aliphatic rings. The van der Waals surface area contributed by atoms with E-state index >= 15 is 0 Å². The van der Waals surface area contributed by atoms with Gasteiger partial charge < -0.3 is 15.0 Å². The van der Waals surface area contributed by atoms with Gasteiger partial charge in [-0.05, 0) is 71.4 Å². The fourth-order valence-corrected chi connectivity index (χ4v) is 4.99. The zero-order valence-corrected chi connectivity index (χ0v) is 20.6. The molecule has 11 heteroatoms. The highest BCUT2D eigenvalue weighted by Gasteiger charge is 2.50. The number of pyridine rings is 1. The molecule has 2 aromatic heterocycles. The molecular formula is C25H22BrF3N4O3. The van der Waals surface area contributed by atoms with Crippen molar-refractivity contribution in [3.05, 3.63) is 91.3 Å². The monoisotopic (exact) mass is 562 g/mol. The molecule has 1 amide bonds. The number of aromatic nitrogens is 3. The predicted molar refractivity (Wildman–Crippen MR) is 127 cm³/mol. The van der Waals surface area contributed by atoms with Gasteiger partial charge in [0.05, 0.1) is 34.5 Å². The van der Waals surface area contributed by atoms with Crippen LogP contribution in [-0.2, 0) is 29.4 Å². The summed E-state index contributed by atoms with van der Waals surface area (Å²) >= 11 is 3.38. The van der Waals surface area contributed by atoms with Gasteiger partial charge >= 0.3 is 6.18 Å². The summed E-state index contributed by atoms with van der Waals surface area (Å²) in [5.74, 6) is -0.219. The quantitative estimate of drug-likeness (QED) is 0.468. The number of carbonyl (C=O) groups excluding carboxylic acids is 1. The summed E-state index contributed by atoms with van der Waals surface area (Å²) in [6.07, 6.45) is -3.83. The van der Waals surface area contributed by atoms with Crippen molar-refractivity contribution in [1.29, 1.82) is 0 Å². The number of aryl methyl sites for hydroxylation is 1. The fraction of sp³-hybridized carbons (Fsp3) is 0.360. The van der Waals surface area contributed by atoms with E-state index in [0.717, 1.165) is 36.7 Å². The number of H-pyrrole nitrogens is 1. The molecule has 1 aliphatic heterocycles. The van der Waals surface area contributed by atoms with E-state index in [1.165, 1.54) is 11.0 Å². The Hall–Kier alpha value is -3.05. The first-order chi connectivity index (χ1) is 17.1. The predicted octanol–water partition coefficient (Wildman–Crippen LogP) is 4.03. The van der Waals surface area contributed by atoms with Crippen molar-refractivity contribution in [3.8, 4) is 0 Å². The molecule has 0 spiro atoms. The molecule has 1 fully saturated rings. The minimum Gasteiger partial charge on any atom is -0.378 e. The maximum absolute atomic E-state index is 13.1. The van der Waals surface area contributed by atoms with E-state index in [1.54, 1.807) is 0 Å². The Morgan fingerprint density at radius 3 is 2.61 bits per heavy atom. The fourth-order valence-electron chi connectivity index (χ4n) is 4.65. The summed E-state index contributed by atoms with van der Waals surface area (Å²) in [6, 6.07) is 9.67. The number of amides is 1. The number of rotatable bonds is 4. The number of nitrogens with one attached hydrogen (secondary N) is 1. The van der Waals surface area contributed by atoms with Crippen LogP contribution < -0.4 is 5.56 Å². The number of halogens is 4. The molecule has 0 radical (unpaired) electrons. The van der Waals surface area contributed by atoms with Crippen molar-refractivity contribution in [2.24, 2.45) is 0 Å². The maximum atomic E-state index is 13.1. The Bertz CT molecular complexity index is 1390. The van der Waals surface area contributed by atoms with Crippen molar-refractivity contribution in [2.45, 2.75) is 49.9 Å². The summed E-state index contributed by atoms with van der Waals surface area (Å²) in [5.41, 5.74) is -0.217. The minimum atomic E-state index is -4.60. The normalized spacial score (nSPS) is 17.8. The highest BCUT2D eigenvalue weighted by molar-refractivity contribution is 9.10. The van der Waals surface area contributed by atoms with Gasteiger partial charge in [0.1, 0.15) is 10.4 Å². The van der Waals surface area contributed by atoms with E-state index in [1.807, 2.05) is 18.2 Å². The van der Waals surface area contributed by atoms with Crippen LogP contribution in [0, 0.1) is 0 Å². The van der Waals surface area contributed by atoms with E-state index in [2.05, 4.69) is 25.9 Å². The Morgan fingerprint density at radius 2 is 1.92 bits per heavy atom. The molecule has 1 saturated carbocycles. The van der Waals surface area contributed by atoms with Gasteiger partial charge in [-0.3, -0.25) is 9.59 Å². The van der Waals surface area contributed by atoms with Gasteiger partial charge in [-0.15, -0.1) is 0 Å². The summed E-state index contributed by atoms with van der Waals surface area (Å²) in [4.78, 5) is 39.7. The second-order valence-electron chi connectivity index (χ2n) is 9.16. The molecule has 188 valence electrons. The van der Waals surface area contributed by atoms with Gasteiger partial charge in [-0.1, -0.05) is 18.2 Å². The number of hydrogen-bond donors (Lipinski definition) is 2. The standard InChI is InChI=1S/C25H22BrF3N4O3/c26-19-8-2-7-18(31-19)24(9-10-24)23-30-17-6-3-11-33(13-16(17)21(35)32-23)22(36)20(34)14-4-1-5-15(12-14)25(27,28)29/h1-2,4-5,7-8,12,20,34H,3,6,9-11,13H2,(H,30,32,35)/t20-/m1/s1. The number of aromatic amines is 1. The van der Waals surface area contributed by atoms with Crippen LogP contribution in [0.25, 0.3) is 0 Å². The van der Waals surface area contributed by atoms with Gasteiger partial charge in [0.15, 0.2) is 6.10 Å².